The van der Waals surface area contributed by atoms with E-state index in [2.05, 4.69) is 15.3 Å². The molecule has 0 bridgehead atoms. The van der Waals surface area contributed by atoms with Gasteiger partial charge in [0.25, 0.3) is 0 Å². The number of nitrogens with one attached hydrogen (secondary N) is 2. The molecule has 134 valence electrons. The minimum atomic E-state index is -0.0677. The van der Waals surface area contributed by atoms with Crippen molar-refractivity contribution < 1.29 is 0 Å². The van der Waals surface area contributed by atoms with Gasteiger partial charge >= 0.3 is 0 Å². The van der Waals surface area contributed by atoms with Gasteiger partial charge < -0.3 is 10.3 Å². The third kappa shape index (κ3) is 3.44. The fourth-order valence-electron chi connectivity index (χ4n) is 3.15. The Bertz CT molecular complexity index is 1140. The van der Waals surface area contributed by atoms with Gasteiger partial charge in [-0.05, 0) is 36.2 Å². The number of rotatable bonds is 4. The van der Waals surface area contributed by atoms with Gasteiger partial charge in [0.15, 0.2) is 0 Å². The molecule has 4 nitrogen and oxygen atoms in total. The summed E-state index contributed by atoms with van der Waals surface area (Å²) < 4.78 is 0. The highest BCUT2D eigenvalue weighted by Crippen LogP contribution is 2.25. The zero-order valence-corrected chi connectivity index (χ0v) is 15.5. The summed E-state index contributed by atoms with van der Waals surface area (Å²) in [6.45, 7) is 2.05. The molecule has 0 radical (unpaired) electrons. The van der Waals surface area contributed by atoms with E-state index < -0.39 is 0 Å². The molecule has 0 aliphatic heterocycles. The maximum Gasteiger partial charge on any atom is 0.200 e. The minimum absolute atomic E-state index is 0.0166. The SMILES string of the molecule is CC(Nc1nccc2[nH]cc(-c3ccc(Cl)cc3)c(=O)c12)c1ccccc1. The molecule has 2 aromatic heterocycles. The van der Waals surface area contributed by atoms with Crippen LogP contribution in [0.1, 0.15) is 18.5 Å². The predicted molar refractivity (Wildman–Crippen MR) is 111 cm³/mol. The molecule has 0 aliphatic rings. The molecule has 2 N–H and O–H groups in total. The van der Waals surface area contributed by atoms with Crippen molar-refractivity contribution in [2.75, 3.05) is 5.32 Å². The number of aromatic amines is 1. The van der Waals surface area contributed by atoms with Gasteiger partial charge in [0.05, 0.1) is 10.9 Å². The van der Waals surface area contributed by atoms with E-state index in [1.54, 1.807) is 30.6 Å². The van der Waals surface area contributed by atoms with E-state index in [9.17, 15) is 4.79 Å². The van der Waals surface area contributed by atoms with Crippen LogP contribution in [0.3, 0.4) is 0 Å². The molecule has 27 heavy (non-hydrogen) atoms. The molecule has 0 saturated carbocycles. The quantitative estimate of drug-likeness (QED) is 0.501. The third-order valence-corrected chi connectivity index (χ3v) is 4.85. The van der Waals surface area contributed by atoms with E-state index in [1.807, 2.05) is 49.4 Å². The van der Waals surface area contributed by atoms with Gasteiger partial charge in [-0.2, -0.15) is 0 Å². The van der Waals surface area contributed by atoms with Gasteiger partial charge in [-0.15, -0.1) is 0 Å². The monoisotopic (exact) mass is 375 g/mol. The van der Waals surface area contributed by atoms with Gasteiger partial charge in [-0.25, -0.2) is 4.98 Å². The second-order valence-electron chi connectivity index (χ2n) is 6.40. The molecule has 4 aromatic rings. The lowest BCUT2D eigenvalue weighted by molar-refractivity contribution is 0.877. The Labute approximate surface area is 161 Å². The van der Waals surface area contributed by atoms with Crippen LogP contribution < -0.4 is 10.7 Å². The first-order valence-electron chi connectivity index (χ1n) is 8.71. The first kappa shape index (κ1) is 17.3. The van der Waals surface area contributed by atoms with Crippen LogP contribution in [0.2, 0.25) is 5.02 Å². The number of nitrogens with zero attached hydrogens (tertiary/aromatic N) is 1. The lowest BCUT2D eigenvalue weighted by atomic mass is 10.0. The first-order chi connectivity index (χ1) is 13.1. The van der Waals surface area contributed by atoms with Crippen molar-refractivity contribution >= 4 is 28.3 Å². The Balaban J connectivity index is 1.81. The summed E-state index contributed by atoms with van der Waals surface area (Å²) in [7, 11) is 0. The molecule has 0 aliphatic carbocycles. The zero-order valence-electron chi connectivity index (χ0n) is 14.7. The summed E-state index contributed by atoms with van der Waals surface area (Å²) >= 11 is 5.97. The van der Waals surface area contributed by atoms with Gasteiger partial charge in [0, 0.05) is 29.0 Å². The van der Waals surface area contributed by atoms with E-state index in [-0.39, 0.29) is 11.5 Å². The molecule has 4 rings (SSSR count). The molecule has 0 fully saturated rings. The number of anilines is 1. The Hall–Kier alpha value is -3.11. The highest BCUT2D eigenvalue weighted by Gasteiger charge is 2.14. The van der Waals surface area contributed by atoms with Crippen LogP contribution in [0.25, 0.3) is 22.0 Å². The van der Waals surface area contributed by atoms with E-state index in [4.69, 9.17) is 11.6 Å². The molecule has 5 heteroatoms. The minimum Gasteiger partial charge on any atom is -0.363 e. The van der Waals surface area contributed by atoms with Crippen LogP contribution in [-0.4, -0.2) is 9.97 Å². The summed E-state index contributed by atoms with van der Waals surface area (Å²) in [4.78, 5) is 20.9. The highest BCUT2D eigenvalue weighted by molar-refractivity contribution is 6.30. The van der Waals surface area contributed by atoms with E-state index >= 15 is 0 Å². The number of H-pyrrole nitrogens is 1. The summed E-state index contributed by atoms with van der Waals surface area (Å²) in [5, 5.41) is 4.56. The second-order valence-corrected chi connectivity index (χ2v) is 6.83. The normalized spacial score (nSPS) is 12.1. The van der Waals surface area contributed by atoms with Crippen LogP contribution in [0.4, 0.5) is 5.82 Å². The third-order valence-electron chi connectivity index (χ3n) is 4.60. The number of hydrogen-bond acceptors (Lipinski definition) is 3. The Kier molecular flexibility index (Phi) is 4.65. The number of benzene rings is 2. The number of fused-ring (bicyclic) bond motifs is 1. The molecule has 0 amide bonds. The highest BCUT2D eigenvalue weighted by atomic mass is 35.5. The lowest BCUT2D eigenvalue weighted by Crippen LogP contribution is -2.13. The number of aromatic nitrogens is 2. The molecule has 1 unspecified atom stereocenters. The zero-order chi connectivity index (χ0) is 18.8. The molecular weight excluding hydrogens is 358 g/mol. The fourth-order valence-corrected chi connectivity index (χ4v) is 3.27. The average molecular weight is 376 g/mol. The lowest BCUT2D eigenvalue weighted by Gasteiger charge is -2.16. The molecular formula is C22H18ClN3O. The van der Waals surface area contributed by atoms with Gasteiger partial charge in [0.1, 0.15) is 5.82 Å². The molecule has 2 aromatic carbocycles. The Morgan fingerprint density at radius 2 is 1.78 bits per heavy atom. The molecule has 1 atom stereocenters. The summed E-state index contributed by atoms with van der Waals surface area (Å²) in [6, 6.07) is 19.1. The van der Waals surface area contributed by atoms with Crippen LogP contribution in [0.5, 0.6) is 0 Å². The summed E-state index contributed by atoms with van der Waals surface area (Å²) in [5.74, 6) is 0.570. The van der Waals surface area contributed by atoms with Crippen molar-refractivity contribution in [3.05, 3.63) is 93.9 Å². The maximum absolute atomic E-state index is 13.2. The van der Waals surface area contributed by atoms with Gasteiger partial charge in [-0.1, -0.05) is 54.1 Å². The largest absolute Gasteiger partial charge is 0.363 e. The fraction of sp³-hybridized carbons (Fsp3) is 0.0909. The van der Waals surface area contributed by atoms with Crippen molar-refractivity contribution in [2.24, 2.45) is 0 Å². The van der Waals surface area contributed by atoms with Crippen molar-refractivity contribution in [3.63, 3.8) is 0 Å². The van der Waals surface area contributed by atoms with Crippen LogP contribution in [-0.2, 0) is 0 Å². The van der Waals surface area contributed by atoms with E-state index in [0.717, 1.165) is 16.6 Å². The van der Waals surface area contributed by atoms with Crippen molar-refractivity contribution in [1.29, 1.82) is 0 Å². The van der Waals surface area contributed by atoms with E-state index in [1.165, 1.54) is 0 Å². The van der Waals surface area contributed by atoms with Crippen LogP contribution >= 0.6 is 11.6 Å². The molecule has 0 spiro atoms. The summed E-state index contributed by atoms with van der Waals surface area (Å²) in [5.41, 5.74) is 3.20. The standard InChI is InChI=1S/C22H18ClN3O/c1-14(15-5-3-2-4-6-15)26-22-20-19(11-12-24-22)25-13-18(21(20)27)16-7-9-17(23)10-8-16/h2-14H,1H3,(H,24,26)(H,25,27). The van der Waals surface area contributed by atoms with Crippen LogP contribution in [0, 0.1) is 0 Å². The second kappa shape index (κ2) is 7.25. The topological polar surface area (TPSA) is 57.8 Å². The van der Waals surface area contributed by atoms with Crippen molar-refractivity contribution in [2.45, 2.75) is 13.0 Å². The molecule has 2 heterocycles. The summed E-state index contributed by atoms with van der Waals surface area (Å²) in [6.07, 6.45) is 3.43. The predicted octanol–water partition coefficient (Wildman–Crippen LogP) is 5.42. The number of halogens is 1. The van der Waals surface area contributed by atoms with Gasteiger partial charge in [0.2, 0.25) is 5.43 Å². The smallest absolute Gasteiger partial charge is 0.200 e. The average Bonchev–Trinajstić information content (AvgIpc) is 2.70. The first-order valence-corrected chi connectivity index (χ1v) is 9.09. The van der Waals surface area contributed by atoms with Crippen LogP contribution in [0.15, 0.2) is 77.9 Å². The Morgan fingerprint density at radius 1 is 1.04 bits per heavy atom. The van der Waals surface area contributed by atoms with Crippen molar-refractivity contribution in [3.8, 4) is 11.1 Å². The molecule has 0 saturated heterocycles. The Morgan fingerprint density at radius 3 is 2.52 bits per heavy atom. The maximum atomic E-state index is 13.2. The van der Waals surface area contributed by atoms with E-state index in [0.29, 0.717) is 21.8 Å². The van der Waals surface area contributed by atoms with Gasteiger partial charge in [-0.3, -0.25) is 4.79 Å². The number of hydrogen-bond donors (Lipinski definition) is 2. The number of pyridine rings is 2. The van der Waals surface area contributed by atoms with Crippen molar-refractivity contribution in [1.82, 2.24) is 9.97 Å².